The minimum Gasteiger partial charge on any atom is -0.351 e. The van der Waals surface area contributed by atoms with E-state index in [1.54, 1.807) is 14.0 Å². The van der Waals surface area contributed by atoms with E-state index in [4.69, 9.17) is 0 Å². The van der Waals surface area contributed by atoms with Crippen molar-refractivity contribution in [3.8, 4) is 0 Å². The molecular weight excluding hydrogens is 406 g/mol. The number of carbonyl (C=O) groups is 3. The van der Waals surface area contributed by atoms with Crippen LogP contribution in [0.3, 0.4) is 0 Å². The largest absolute Gasteiger partial charge is 0.351 e. The highest BCUT2D eigenvalue weighted by Gasteiger charge is 2.46. The fourth-order valence-electron chi connectivity index (χ4n) is 4.67. The van der Waals surface area contributed by atoms with Crippen LogP contribution < -0.4 is 10.6 Å². The summed E-state index contributed by atoms with van der Waals surface area (Å²) in [6, 6.07) is 7.43. The monoisotopic (exact) mass is 437 g/mol. The number of hydrogen-bond acceptors (Lipinski definition) is 4. The number of aromatic nitrogens is 2. The number of hydrogen-bond donors (Lipinski definition) is 2. The van der Waals surface area contributed by atoms with Gasteiger partial charge < -0.3 is 15.5 Å². The van der Waals surface area contributed by atoms with Crippen LogP contribution in [0.5, 0.6) is 0 Å². The van der Waals surface area contributed by atoms with Crippen molar-refractivity contribution in [1.82, 2.24) is 20.0 Å². The summed E-state index contributed by atoms with van der Waals surface area (Å²) in [6.07, 6.45) is 5.35. The number of aryl methyl sites for hydroxylation is 2. The molecule has 32 heavy (non-hydrogen) atoms. The highest BCUT2D eigenvalue weighted by atomic mass is 16.2. The second-order valence-corrected chi connectivity index (χ2v) is 9.35. The van der Waals surface area contributed by atoms with Gasteiger partial charge >= 0.3 is 0 Å². The highest BCUT2D eigenvalue weighted by molar-refractivity contribution is 6.06. The molecule has 0 saturated heterocycles. The standard InChI is InChI=1S/C24H31N5O3/c1-15-10-16(2)12-18(11-15)25-21(30)19-13-20-22(31)28(4)24(3,14-29(20)27-19)23(32)26-17-8-6-5-7-9-17/h10-13,17H,5-9,14H2,1-4H3,(H,25,30)(H,26,32)/t24-/m0/s1. The minimum atomic E-state index is -1.07. The first-order valence-corrected chi connectivity index (χ1v) is 11.2. The summed E-state index contributed by atoms with van der Waals surface area (Å²) in [6.45, 7) is 5.88. The van der Waals surface area contributed by atoms with Gasteiger partial charge in [-0.2, -0.15) is 5.10 Å². The molecule has 1 atom stereocenters. The second-order valence-electron chi connectivity index (χ2n) is 9.35. The summed E-state index contributed by atoms with van der Waals surface area (Å²) < 4.78 is 1.49. The predicted octanol–water partition coefficient (Wildman–Crippen LogP) is 3.05. The molecule has 2 aliphatic rings. The number of benzene rings is 1. The molecule has 0 unspecified atom stereocenters. The Bertz CT molecular complexity index is 1050. The van der Waals surface area contributed by atoms with E-state index in [0.29, 0.717) is 11.4 Å². The molecular formula is C24H31N5O3. The van der Waals surface area contributed by atoms with Crippen molar-refractivity contribution in [2.24, 2.45) is 0 Å². The maximum Gasteiger partial charge on any atom is 0.276 e. The molecule has 0 spiro atoms. The van der Waals surface area contributed by atoms with Gasteiger partial charge in [0.05, 0.1) is 6.54 Å². The fraction of sp³-hybridized carbons (Fsp3) is 0.500. The second kappa shape index (κ2) is 8.41. The van der Waals surface area contributed by atoms with Gasteiger partial charge in [0.25, 0.3) is 11.8 Å². The van der Waals surface area contributed by atoms with E-state index in [1.807, 2.05) is 32.0 Å². The van der Waals surface area contributed by atoms with Crippen LogP contribution in [0.15, 0.2) is 24.3 Å². The van der Waals surface area contributed by atoms with Gasteiger partial charge in [0.15, 0.2) is 5.69 Å². The minimum absolute atomic E-state index is 0.148. The Morgan fingerprint density at radius 1 is 1.06 bits per heavy atom. The van der Waals surface area contributed by atoms with Crippen molar-refractivity contribution in [1.29, 1.82) is 0 Å². The molecule has 1 fully saturated rings. The van der Waals surface area contributed by atoms with Gasteiger partial charge in [0.2, 0.25) is 5.91 Å². The number of nitrogens with one attached hydrogen (secondary N) is 2. The van der Waals surface area contributed by atoms with E-state index >= 15 is 0 Å². The van der Waals surface area contributed by atoms with Gasteiger partial charge in [-0.3, -0.25) is 19.1 Å². The van der Waals surface area contributed by atoms with E-state index in [-0.39, 0.29) is 36.0 Å². The Morgan fingerprint density at radius 3 is 2.38 bits per heavy atom. The van der Waals surface area contributed by atoms with Crippen LogP contribution in [0.25, 0.3) is 0 Å². The maximum atomic E-state index is 13.2. The summed E-state index contributed by atoms with van der Waals surface area (Å²) in [5, 5.41) is 10.4. The van der Waals surface area contributed by atoms with Crippen molar-refractivity contribution in [3.05, 3.63) is 46.8 Å². The molecule has 4 rings (SSSR count). The molecule has 1 aliphatic heterocycles. The molecule has 1 aromatic heterocycles. The lowest BCUT2D eigenvalue weighted by atomic mass is 9.92. The summed E-state index contributed by atoms with van der Waals surface area (Å²) in [5.74, 6) is -0.890. The normalized spacial score (nSPS) is 21.2. The molecule has 1 saturated carbocycles. The number of nitrogens with zero attached hydrogens (tertiary/aromatic N) is 3. The molecule has 2 aromatic rings. The van der Waals surface area contributed by atoms with Gasteiger partial charge in [-0.15, -0.1) is 0 Å². The lowest BCUT2D eigenvalue weighted by molar-refractivity contribution is -0.133. The van der Waals surface area contributed by atoms with E-state index < -0.39 is 5.54 Å². The van der Waals surface area contributed by atoms with E-state index in [0.717, 1.165) is 36.8 Å². The zero-order chi connectivity index (χ0) is 23.0. The first kappa shape index (κ1) is 22.0. The summed E-state index contributed by atoms with van der Waals surface area (Å²) in [7, 11) is 1.63. The summed E-state index contributed by atoms with van der Waals surface area (Å²) >= 11 is 0. The SMILES string of the molecule is Cc1cc(C)cc(NC(=O)c2cc3n(n2)C[C@@](C)(C(=O)NC2CCCCC2)N(C)C3=O)c1. The number of likely N-dealkylation sites (N-methyl/N-ethyl adjacent to an activating group) is 1. The molecule has 0 radical (unpaired) electrons. The average Bonchev–Trinajstić information content (AvgIpc) is 3.16. The lowest BCUT2D eigenvalue weighted by Crippen LogP contribution is -2.63. The van der Waals surface area contributed by atoms with E-state index in [2.05, 4.69) is 15.7 Å². The molecule has 8 heteroatoms. The van der Waals surface area contributed by atoms with Crippen molar-refractivity contribution in [2.75, 3.05) is 12.4 Å². The third kappa shape index (κ3) is 4.13. The van der Waals surface area contributed by atoms with Crippen molar-refractivity contribution < 1.29 is 14.4 Å². The Balaban J connectivity index is 1.54. The highest BCUT2D eigenvalue weighted by Crippen LogP contribution is 2.27. The number of anilines is 1. The van der Waals surface area contributed by atoms with Gasteiger partial charge in [-0.05, 0) is 56.9 Å². The van der Waals surface area contributed by atoms with Gasteiger partial charge in [-0.25, -0.2) is 0 Å². The predicted molar refractivity (Wildman–Crippen MR) is 122 cm³/mol. The van der Waals surface area contributed by atoms with Crippen LogP contribution in [-0.4, -0.2) is 51.0 Å². The summed E-state index contributed by atoms with van der Waals surface area (Å²) in [4.78, 5) is 40.5. The Labute approximate surface area is 188 Å². The third-order valence-electron chi connectivity index (χ3n) is 6.64. The van der Waals surface area contributed by atoms with Crippen LogP contribution in [0.2, 0.25) is 0 Å². The molecule has 3 amide bonds. The molecule has 170 valence electrons. The number of carbonyl (C=O) groups excluding carboxylic acids is 3. The average molecular weight is 438 g/mol. The molecule has 2 N–H and O–H groups in total. The van der Waals surface area contributed by atoms with Crippen molar-refractivity contribution in [2.45, 2.75) is 71.0 Å². The number of rotatable bonds is 4. The fourth-order valence-corrected chi connectivity index (χ4v) is 4.67. The zero-order valence-corrected chi connectivity index (χ0v) is 19.2. The molecule has 1 aliphatic carbocycles. The van der Waals surface area contributed by atoms with Gasteiger partial charge in [0, 0.05) is 24.8 Å². The number of fused-ring (bicyclic) bond motifs is 1. The maximum absolute atomic E-state index is 13.2. The van der Waals surface area contributed by atoms with Crippen molar-refractivity contribution >= 4 is 23.4 Å². The smallest absolute Gasteiger partial charge is 0.276 e. The summed E-state index contributed by atoms with van der Waals surface area (Å²) in [5.41, 5.74) is 2.15. The first-order chi connectivity index (χ1) is 15.2. The quantitative estimate of drug-likeness (QED) is 0.768. The van der Waals surface area contributed by atoms with E-state index in [9.17, 15) is 14.4 Å². The van der Waals surface area contributed by atoms with Crippen molar-refractivity contribution in [3.63, 3.8) is 0 Å². The van der Waals surface area contributed by atoms with Gasteiger partial charge in [-0.1, -0.05) is 25.3 Å². The van der Waals surface area contributed by atoms with Crippen LogP contribution in [-0.2, 0) is 11.3 Å². The molecule has 2 heterocycles. The third-order valence-corrected chi connectivity index (χ3v) is 6.64. The molecule has 8 nitrogen and oxygen atoms in total. The van der Waals surface area contributed by atoms with Crippen LogP contribution in [0, 0.1) is 13.8 Å². The Hall–Kier alpha value is -3.16. The van der Waals surface area contributed by atoms with Crippen LogP contribution in [0.4, 0.5) is 5.69 Å². The van der Waals surface area contributed by atoms with Crippen LogP contribution >= 0.6 is 0 Å². The molecule has 0 bridgehead atoms. The van der Waals surface area contributed by atoms with Crippen LogP contribution in [0.1, 0.15) is 71.1 Å². The zero-order valence-electron chi connectivity index (χ0n) is 19.2. The Kier molecular flexibility index (Phi) is 5.79. The topological polar surface area (TPSA) is 96.3 Å². The molecule has 1 aromatic carbocycles. The first-order valence-electron chi connectivity index (χ1n) is 11.2. The van der Waals surface area contributed by atoms with E-state index in [1.165, 1.54) is 22.1 Å². The lowest BCUT2D eigenvalue weighted by Gasteiger charge is -2.41. The van der Waals surface area contributed by atoms with Gasteiger partial charge in [0.1, 0.15) is 11.2 Å². The Morgan fingerprint density at radius 2 is 1.72 bits per heavy atom. The number of amides is 3.